The average molecular weight is 324 g/mol. The summed E-state index contributed by atoms with van der Waals surface area (Å²) in [4.78, 5) is 27.5. The molecule has 0 saturated heterocycles. The van der Waals surface area contributed by atoms with Crippen molar-refractivity contribution in [1.29, 1.82) is 0 Å². The molecule has 0 spiro atoms. The van der Waals surface area contributed by atoms with Crippen LogP contribution in [-0.2, 0) is 17.1 Å². The molecule has 3 rings (SSSR count). The zero-order valence-corrected chi connectivity index (χ0v) is 12.0. The van der Waals surface area contributed by atoms with Gasteiger partial charge in [-0.15, -0.1) is 16.4 Å². The van der Waals surface area contributed by atoms with Gasteiger partial charge in [-0.05, 0) is 10.4 Å². The number of hydrogen-bond donors (Lipinski definition) is 1. The van der Waals surface area contributed by atoms with Crippen molar-refractivity contribution in [1.82, 2.24) is 29.6 Å². The number of carboxylic acid groups (broad SMARTS) is 1. The van der Waals surface area contributed by atoms with Crippen molar-refractivity contribution in [3.63, 3.8) is 0 Å². The third kappa shape index (κ3) is 2.92. The van der Waals surface area contributed by atoms with Gasteiger partial charge in [-0.3, -0.25) is 14.0 Å². The molecule has 0 aromatic carbocycles. The molecule has 0 saturated carbocycles. The Bertz CT molecular complexity index is 854. The number of rotatable bonds is 5. The SMILES string of the molecule is O=C(O)Cn1nnnc1SCc1cc(=O)n2ccsc2n1. The van der Waals surface area contributed by atoms with E-state index in [2.05, 4.69) is 20.5 Å². The third-order valence-corrected chi connectivity index (χ3v) is 4.24. The maximum Gasteiger partial charge on any atom is 0.325 e. The number of carbonyl (C=O) groups is 1. The predicted molar refractivity (Wildman–Crippen MR) is 74.4 cm³/mol. The lowest BCUT2D eigenvalue weighted by atomic mass is 10.4. The average Bonchev–Trinajstić information content (AvgIpc) is 3.05. The highest BCUT2D eigenvalue weighted by molar-refractivity contribution is 7.98. The first-order valence-corrected chi connectivity index (χ1v) is 7.56. The zero-order chi connectivity index (χ0) is 14.8. The lowest BCUT2D eigenvalue weighted by Crippen LogP contribution is -2.13. The van der Waals surface area contributed by atoms with Crippen LogP contribution in [0.5, 0.6) is 0 Å². The van der Waals surface area contributed by atoms with E-state index in [4.69, 9.17) is 5.11 Å². The molecule has 3 aromatic rings. The van der Waals surface area contributed by atoms with Crippen molar-refractivity contribution in [2.45, 2.75) is 17.5 Å². The van der Waals surface area contributed by atoms with Gasteiger partial charge in [-0.25, -0.2) is 9.67 Å². The summed E-state index contributed by atoms with van der Waals surface area (Å²) < 4.78 is 2.65. The van der Waals surface area contributed by atoms with Crippen LogP contribution < -0.4 is 5.56 Å². The van der Waals surface area contributed by atoms with Crippen molar-refractivity contribution in [3.05, 3.63) is 33.7 Å². The van der Waals surface area contributed by atoms with E-state index in [1.807, 2.05) is 0 Å². The Balaban J connectivity index is 1.79. The van der Waals surface area contributed by atoms with Crippen LogP contribution in [0, 0.1) is 0 Å². The Labute approximate surface area is 125 Å². The molecule has 108 valence electrons. The molecule has 0 bridgehead atoms. The maximum atomic E-state index is 11.8. The summed E-state index contributed by atoms with van der Waals surface area (Å²) in [6, 6.07) is 1.44. The van der Waals surface area contributed by atoms with Crippen LogP contribution in [0.2, 0.25) is 0 Å². The number of thioether (sulfide) groups is 1. The number of nitrogens with zero attached hydrogens (tertiary/aromatic N) is 6. The van der Waals surface area contributed by atoms with Crippen LogP contribution in [0.15, 0.2) is 27.6 Å². The van der Waals surface area contributed by atoms with Crippen molar-refractivity contribution in [2.24, 2.45) is 0 Å². The molecule has 0 unspecified atom stereocenters. The van der Waals surface area contributed by atoms with Gasteiger partial charge in [0.25, 0.3) is 5.56 Å². The number of fused-ring (bicyclic) bond motifs is 1. The van der Waals surface area contributed by atoms with Gasteiger partial charge >= 0.3 is 5.97 Å². The molecule has 0 radical (unpaired) electrons. The van der Waals surface area contributed by atoms with E-state index in [1.165, 1.54) is 38.2 Å². The van der Waals surface area contributed by atoms with E-state index in [0.29, 0.717) is 21.6 Å². The van der Waals surface area contributed by atoms with Gasteiger partial charge in [0.1, 0.15) is 6.54 Å². The van der Waals surface area contributed by atoms with E-state index < -0.39 is 5.97 Å². The number of aliphatic carboxylic acids is 1. The largest absolute Gasteiger partial charge is 0.480 e. The number of aromatic nitrogens is 6. The second-order valence-electron chi connectivity index (χ2n) is 3.94. The Kier molecular flexibility index (Phi) is 3.66. The predicted octanol–water partition coefficient (Wildman–Crippen LogP) is 0.119. The Morgan fingerprint density at radius 3 is 3.14 bits per heavy atom. The molecule has 0 aliphatic carbocycles. The van der Waals surface area contributed by atoms with Gasteiger partial charge in [-0.2, -0.15) is 0 Å². The van der Waals surface area contributed by atoms with Crippen LogP contribution in [0.3, 0.4) is 0 Å². The summed E-state index contributed by atoms with van der Waals surface area (Å²) in [5, 5.41) is 21.7. The molecule has 0 fully saturated rings. The van der Waals surface area contributed by atoms with Gasteiger partial charge in [0.15, 0.2) is 4.96 Å². The van der Waals surface area contributed by atoms with Crippen LogP contribution in [0.4, 0.5) is 0 Å². The molecule has 21 heavy (non-hydrogen) atoms. The van der Waals surface area contributed by atoms with E-state index in [9.17, 15) is 9.59 Å². The monoisotopic (exact) mass is 324 g/mol. The van der Waals surface area contributed by atoms with Crippen molar-refractivity contribution < 1.29 is 9.90 Å². The summed E-state index contributed by atoms with van der Waals surface area (Å²) in [6.07, 6.45) is 1.67. The summed E-state index contributed by atoms with van der Waals surface area (Å²) in [5.74, 6) is -0.649. The fraction of sp³-hybridized carbons (Fsp3) is 0.200. The molecule has 0 atom stereocenters. The second kappa shape index (κ2) is 5.61. The standard InChI is InChI=1S/C10H8N6O3S2/c17-7-3-6(11-9-15(7)1-2-20-9)5-21-10-12-13-14-16(10)4-8(18)19/h1-3H,4-5H2,(H,18,19). The lowest BCUT2D eigenvalue weighted by molar-refractivity contribution is -0.138. The summed E-state index contributed by atoms with van der Waals surface area (Å²) in [5.41, 5.74) is 0.444. The van der Waals surface area contributed by atoms with Crippen LogP contribution in [-0.4, -0.2) is 40.7 Å². The number of hydrogen-bond acceptors (Lipinski definition) is 8. The molecule has 9 nitrogen and oxygen atoms in total. The van der Waals surface area contributed by atoms with Gasteiger partial charge in [-0.1, -0.05) is 11.8 Å². The van der Waals surface area contributed by atoms with Crippen molar-refractivity contribution in [3.8, 4) is 0 Å². The molecular weight excluding hydrogens is 316 g/mol. The Morgan fingerprint density at radius 1 is 1.48 bits per heavy atom. The molecule has 1 N–H and O–H groups in total. The van der Waals surface area contributed by atoms with Crippen LogP contribution >= 0.6 is 23.1 Å². The highest BCUT2D eigenvalue weighted by Crippen LogP contribution is 2.19. The molecule has 0 aliphatic heterocycles. The smallest absolute Gasteiger partial charge is 0.325 e. The first kappa shape index (κ1) is 13.7. The number of tetrazole rings is 1. The number of thiazole rings is 1. The maximum absolute atomic E-state index is 11.8. The summed E-state index contributed by atoms with van der Waals surface area (Å²) >= 11 is 2.60. The van der Waals surface area contributed by atoms with E-state index in [1.54, 1.807) is 11.6 Å². The highest BCUT2D eigenvalue weighted by Gasteiger charge is 2.11. The first-order chi connectivity index (χ1) is 10.1. The first-order valence-electron chi connectivity index (χ1n) is 5.70. The zero-order valence-electron chi connectivity index (χ0n) is 10.4. The summed E-state index contributed by atoms with van der Waals surface area (Å²) in [7, 11) is 0. The van der Waals surface area contributed by atoms with E-state index in [0.717, 1.165) is 0 Å². The fourth-order valence-corrected chi connectivity index (χ4v) is 3.14. The normalized spacial score (nSPS) is 11.0. The molecular formula is C10H8N6O3S2. The second-order valence-corrected chi connectivity index (χ2v) is 5.76. The minimum absolute atomic E-state index is 0.151. The minimum atomic E-state index is -1.03. The topological polar surface area (TPSA) is 115 Å². The molecule has 3 heterocycles. The van der Waals surface area contributed by atoms with E-state index >= 15 is 0 Å². The van der Waals surface area contributed by atoms with Gasteiger partial charge in [0, 0.05) is 23.4 Å². The van der Waals surface area contributed by atoms with Gasteiger partial charge < -0.3 is 5.11 Å². The van der Waals surface area contributed by atoms with Gasteiger partial charge in [0.05, 0.1) is 5.69 Å². The van der Waals surface area contributed by atoms with Crippen LogP contribution in [0.25, 0.3) is 4.96 Å². The molecule has 11 heteroatoms. The highest BCUT2D eigenvalue weighted by atomic mass is 32.2. The lowest BCUT2D eigenvalue weighted by Gasteiger charge is -2.01. The Morgan fingerprint density at radius 2 is 2.33 bits per heavy atom. The Hall–Kier alpha value is -2.27. The van der Waals surface area contributed by atoms with Crippen molar-refractivity contribution in [2.75, 3.05) is 0 Å². The molecule has 0 aliphatic rings. The minimum Gasteiger partial charge on any atom is -0.480 e. The quantitative estimate of drug-likeness (QED) is 0.658. The van der Waals surface area contributed by atoms with E-state index in [-0.39, 0.29) is 12.1 Å². The number of carboxylic acids is 1. The fourth-order valence-electron chi connectivity index (χ4n) is 1.63. The van der Waals surface area contributed by atoms with Crippen LogP contribution in [0.1, 0.15) is 5.69 Å². The molecule has 3 aromatic heterocycles. The van der Waals surface area contributed by atoms with Gasteiger partial charge in [0.2, 0.25) is 5.16 Å². The third-order valence-electron chi connectivity index (χ3n) is 2.49. The van der Waals surface area contributed by atoms with Crippen molar-refractivity contribution >= 4 is 34.0 Å². The summed E-state index contributed by atoms with van der Waals surface area (Å²) in [6.45, 7) is -0.310. The molecule has 0 amide bonds.